The van der Waals surface area contributed by atoms with Crippen LogP contribution in [-0.2, 0) is 6.42 Å². The Balaban J connectivity index is 1.99. The lowest BCUT2D eigenvalue weighted by atomic mass is 9.68. The van der Waals surface area contributed by atoms with E-state index in [1.54, 1.807) is 23.5 Å². The van der Waals surface area contributed by atoms with E-state index in [1.165, 1.54) is 18.4 Å². The van der Waals surface area contributed by atoms with Gasteiger partial charge in [-0.05, 0) is 57.1 Å². The van der Waals surface area contributed by atoms with Crippen molar-refractivity contribution >= 4 is 39.3 Å². The molecular formula is C22H30O2S3. The quantitative estimate of drug-likeness (QED) is 0.324. The molecule has 2 aliphatic rings. The first-order valence-corrected chi connectivity index (χ1v) is 12.3. The monoisotopic (exact) mass is 422 g/mol. The Bertz CT molecular complexity index is 727. The summed E-state index contributed by atoms with van der Waals surface area (Å²) in [5, 5.41) is 11.2. The molecule has 0 saturated carbocycles. The Labute approximate surface area is 177 Å². The molecule has 0 amide bonds. The number of aromatic hydroxyl groups is 1. The van der Waals surface area contributed by atoms with Gasteiger partial charge in [0, 0.05) is 22.6 Å². The van der Waals surface area contributed by atoms with Crippen molar-refractivity contribution < 1.29 is 9.84 Å². The highest BCUT2D eigenvalue weighted by Gasteiger charge is 2.48. The summed E-state index contributed by atoms with van der Waals surface area (Å²) in [6.45, 7) is 6.58. The van der Waals surface area contributed by atoms with Gasteiger partial charge in [0.05, 0.1) is 0 Å². The molecule has 1 heterocycles. The van der Waals surface area contributed by atoms with Crippen LogP contribution in [0.3, 0.4) is 0 Å². The van der Waals surface area contributed by atoms with E-state index in [2.05, 4.69) is 39.0 Å². The maximum atomic E-state index is 11.0. The van der Waals surface area contributed by atoms with Crippen LogP contribution in [0.15, 0.2) is 24.3 Å². The summed E-state index contributed by atoms with van der Waals surface area (Å²) in [5.41, 5.74) is 1.88. The molecule has 0 fully saturated rings. The molecule has 148 valence electrons. The molecule has 3 rings (SSSR count). The van der Waals surface area contributed by atoms with Gasteiger partial charge in [-0.3, -0.25) is 0 Å². The van der Waals surface area contributed by atoms with E-state index in [4.69, 9.17) is 17.0 Å². The van der Waals surface area contributed by atoms with Crippen LogP contribution in [0.2, 0.25) is 0 Å². The Morgan fingerprint density at radius 2 is 2.11 bits per heavy atom. The third kappa shape index (κ3) is 4.51. The minimum atomic E-state index is -0.267. The zero-order chi connectivity index (χ0) is 19.6. The fraction of sp³-hybridized carbons (Fsp3) is 0.591. The average Bonchev–Trinajstić information content (AvgIpc) is 2.61. The molecule has 0 radical (unpaired) electrons. The molecule has 0 bridgehead atoms. The molecule has 1 N–H and O–H groups in total. The van der Waals surface area contributed by atoms with E-state index >= 15 is 0 Å². The lowest BCUT2D eigenvalue weighted by molar-refractivity contribution is 0.00953. The van der Waals surface area contributed by atoms with E-state index in [-0.39, 0.29) is 16.8 Å². The van der Waals surface area contributed by atoms with Gasteiger partial charge in [-0.15, -0.1) is 11.8 Å². The highest BCUT2D eigenvalue weighted by atomic mass is 32.2. The van der Waals surface area contributed by atoms with Gasteiger partial charge in [-0.2, -0.15) is 0 Å². The molecule has 0 saturated heterocycles. The normalized spacial score (nSPS) is 25.4. The molecular weight excluding hydrogens is 392 g/mol. The molecule has 0 aromatic heterocycles. The van der Waals surface area contributed by atoms with Crippen molar-refractivity contribution in [3.63, 3.8) is 0 Å². The smallest absolute Gasteiger partial charge is 0.127 e. The number of hydrogen-bond acceptors (Lipinski definition) is 5. The molecule has 27 heavy (non-hydrogen) atoms. The first kappa shape index (κ1) is 21.1. The number of rotatable bonds is 5. The number of aryl methyl sites for hydroxylation is 1. The Hall–Kier alpha value is -0.650. The summed E-state index contributed by atoms with van der Waals surface area (Å²) in [5.74, 6) is 1.80. The van der Waals surface area contributed by atoms with Gasteiger partial charge >= 0.3 is 0 Å². The summed E-state index contributed by atoms with van der Waals surface area (Å²) in [6.07, 6.45) is 12.1. The van der Waals surface area contributed by atoms with Crippen LogP contribution < -0.4 is 4.74 Å². The van der Waals surface area contributed by atoms with Crippen molar-refractivity contribution in [1.29, 1.82) is 0 Å². The number of allylic oxidation sites excluding steroid dienone is 1. The van der Waals surface area contributed by atoms with Crippen LogP contribution in [-0.4, -0.2) is 25.7 Å². The zero-order valence-corrected chi connectivity index (χ0v) is 19.1. The summed E-state index contributed by atoms with van der Waals surface area (Å²) in [7, 11) is 0. The van der Waals surface area contributed by atoms with Crippen molar-refractivity contribution in [3.05, 3.63) is 35.4 Å². The van der Waals surface area contributed by atoms with Gasteiger partial charge in [0.1, 0.15) is 20.6 Å². The second-order valence-corrected chi connectivity index (χ2v) is 11.2. The number of hydrogen-bond donors (Lipinski definition) is 1. The van der Waals surface area contributed by atoms with Crippen molar-refractivity contribution in [2.45, 2.75) is 69.6 Å². The predicted octanol–water partition coefficient (Wildman–Crippen LogP) is 6.71. The highest BCUT2D eigenvalue weighted by Crippen LogP contribution is 2.55. The fourth-order valence-electron chi connectivity index (χ4n) is 4.38. The van der Waals surface area contributed by atoms with Gasteiger partial charge in [0.2, 0.25) is 0 Å². The SMILES string of the molecule is CCCCCc1cc(O)c2c(c1)OC(C)(C)[C@@H]1CC=CC(SC(=S)SC)[C@@H]21. The van der Waals surface area contributed by atoms with Crippen molar-refractivity contribution in [2.24, 2.45) is 5.92 Å². The second-order valence-electron chi connectivity index (χ2n) is 8.02. The summed E-state index contributed by atoms with van der Waals surface area (Å²) < 4.78 is 7.41. The first-order valence-electron chi connectivity index (χ1n) is 9.83. The van der Waals surface area contributed by atoms with Crippen LogP contribution in [0.25, 0.3) is 0 Å². The molecule has 1 aliphatic heterocycles. The molecule has 1 aromatic rings. The van der Waals surface area contributed by atoms with Gasteiger partial charge < -0.3 is 9.84 Å². The van der Waals surface area contributed by atoms with E-state index in [1.807, 2.05) is 12.3 Å². The maximum Gasteiger partial charge on any atom is 0.127 e. The number of ether oxygens (including phenoxy) is 1. The number of thiocarbonyl (C=S) groups is 1. The molecule has 1 aliphatic carbocycles. The average molecular weight is 423 g/mol. The van der Waals surface area contributed by atoms with Crippen molar-refractivity contribution in [3.8, 4) is 11.5 Å². The number of thioether (sulfide) groups is 2. The lowest BCUT2D eigenvalue weighted by Gasteiger charge is -2.48. The van der Waals surface area contributed by atoms with Gasteiger partial charge in [0.15, 0.2) is 0 Å². The van der Waals surface area contributed by atoms with Crippen LogP contribution >= 0.6 is 35.7 Å². The largest absolute Gasteiger partial charge is 0.508 e. The Kier molecular flexibility index (Phi) is 6.86. The van der Waals surface area contributed by atoms with Gasteiger partial charge in [0.25, 0.3) is 0 Å². The Morgan fingerprint density at radius 1 is 1.33 bits per heavy atom. The highest BCUT2D eigenvalue weighted by molar-refractivity contribution is 8.47. The van der Waals surface area contributed by atoms with Gasteiger partial charge in [-0.1, -0.05) is 55.9 Å². The minimum absolute atomic E-state index is 0.216. The van der Waals surface area contributed by atoms with E-state index in [9.17, 15) is 5.11 Å². The number of unbranched alkanes of at least 4 members (excludes halogenated alkanes) is 2. The fourth-order valence-corrected chi connectivity index (χ4v) is 6.31. The van der Waals surface area contributed by atoms with Crippen LogP contribution in [0.4, 0.5) is 0 Å². The summed E-state index contributed by atoms with van der Waals surface area (Å²) >= 11 is 8.86. The molecule has 3 atom stereocenters. The molecule has 5 heteroatoms. The number of benzene rings is 1. The lowest BCUT2D eigenvalue weighted by Crippen LogP contribution is -2.48. The first-order chi connectivity index (χ1) is 12.9. The predicted molar refractivity (Wildman–Crippen MR) is 124 cm³/mol. The topological polar surface area (TPSA) is 29.5 Å². The number of phenols is 1. The third-order valence-corrected chi connectivity index (χ3v) is 8.58. The van der Waals surface area contributed by atoms with E-state index in [0.29, 0.717) is 11.7 Å². The van der Waals surface area contributed by atoms with Crippen LogP contribution in [0.5, 0.6) is 11.5 Å². The minimum Gasteiger partial charge on any atom is -0.508 e. The number of phenolic OH excluding ortho intramolecular Hbond substituents is 1. The van der Waals surface area contributed by atoms with Crippen LogP contribution in [0, 0.1) is 5.92 Å². The summed E-state index contributed by atoms with van der Waals surface area (Å²) in [4.78, 5) is 0. The molecule has 2 nitrogen and oxygen atoms in total. The van der Waals surface area contributed by atoms with Crippen molar-refractivity contribution in [2.75, 3.05) is 6.26 Å². The van der Waals surface area contributed by atoms with E-state index < -0.39 is 0 Å². The van der Waals surface area contributed by atoms with Crippen molar-refractivity contribution in [1.82, 2.24) is 0 Å². The Morgan fingerprint density at radius 3 is 2.81 bits per heavy atom. The van der Waals surface area contributed by atoms with E-state index in [0.717, 1.165) is 34.1 Å². The van der Waals surface area contributed by atoms with Crippen LogP contribution in [0.1, 0.15) is 63.5 Å². The summed E-state index contributed by atoms with van der Waals surface area (Å²) in [6, 6.07) is 4.12. The van der Waals surface area contributed by atoms with Gasteiger partial charge in [-0.25, -0.2) is 0 Å². The maximum absolute atomic E-state index is 11.0. The molecule has 1 unspecified atom stereocenters. The number of fused-ring (bicyclic) bond motifs is 3. The second kappa shape index (κ2) is 8.79. The molecule has 0 spiro atoms. The zero-order valence-electron chi connectivity index (χ0n) is 16.7. The standard InChI is InChI=1S/C22H30O2S3/c1-5-6-7-9-14-12-16(23)20-17(13-14)24-22(2,3)15-10-8-11-18(19(15)20)27-21(25)26-4/h8,11-13,15,18-19,23H,5-7,9-10H2,1-4H3/t15-,18?,19+/m1/s1. The third-order valence-electron chi connectivity index (χ3n) is 5.75. The molecule has 1 aromatic carbocycles.